The van der Waals surface area contributed by atoms with Gasteiger partial charge >= 0.3 is 0 Å². The first kappa shape index (κ1) is 17.1. The smallest absolute Gasteiger partial charge is 0.238 e. The van der Waals surface area contributed by atoms with Gasteiger partial charge in [-0.15, -0.1) is 0 Å². The summed E-state index contributed by atoms with van der Waals surface area (Å²) in [6.07, 6.45) is 3.87. The molecule has 0 saturated carbocycles. The van der Waals surface area contributed by atoms with E-state index in [0.29, 0.717) is 0 Å². The van der Waals surface area contributed by atoms with Crippen LogP contribution >= 0.6 is 0 Å². The van der Waals surface area contributed by atoms with Gasteiger partial charge in [-0.25, -0.2) is 17.9 Å². The zero-order valence-electron chi connectivity index (χ0n) is 13.3. The summed E-state index contributed by atoms with van der Waals surface area (Å²) in [6, 6.07) is 11.8. The number of hydrogen-bond acceptors (Lipinski definition) is 3. The van der Waals surface area contributed by atoms with Crippen molar-refractivity contribution < 1.29 is 12.8 Å². The zero-order chi connectivity index (χ0) is 17.2. The molecular weight excluding hydrogens is 327 g/mol. The molecule has 0 saturated heterocycles. The van der Waals surface area contributed by atoms with Gasteiger partial charge in [0.1, 0.15) is 5.82 Å². The third-order valence-electron chi connectivity index (χ3n) is 4.48. The van der Waals surface area contributed by atoms with Gasteiger partial charge in [0.05, 0.1) is 4.90 Å². The Hall–Kier alpha value is -1.76. The molecule has 1 aliphatic carbocycles. The largest absolute Gasteiger partial charge is 0.310 e. The number of nitrogens with one attached hydrogen (secondary N) is 1. The number of hydrogen-bond donors (Lipinski definition) is 2. The second-order valence-electron chi connectivity index (χ2n) is 6.18. The van der Waals surface area contributed by atoms with Gasteiger partial charge in [-0.05, 0) is 73.2 Å². The van der Waals surface area contributed by atoms with Crippen LogP contribution in [0.2, 0.25) is 0 Å². The number of fused-ring (bicyclic) bond motifs is 1. The van der Waals surface area contributed by atoms with Crippen LogP contribution in [0.15, 0.2) is 47.4 Å². The van der Waals surface area contributed by atoms with Crippen molar-refractivity contribution in [3.63, 3.8) is 0 Å². The van der Waals surface area contributed by atoms with Gasteiger partial charge in [0, 0.05) is 6.04 Å². The molecule has 0 aliphatic heterocycles. The molecule has 0 fully saturated rings. The molecule has 0 radical (unpaired) electrons. The molecule has 0 spiro atoms. The van der Waals surface area contributed by atoms with Gasteiger partial charge in [-0.3, -0.25) is 0 Å². The van der Waals surface area contributed by atoms with Crippen molar-refractivity contribution in [2.24, 2.45) is 5.14 Å². The lowest BCUT2D eigenvalue weighted by molar-refractivity contribution is 0.459. The maximum atomic E-state index is 13.5. The molecule has 128 valence electrons. The molecule has 2 aromatic rings. The number of primary sulfonamides is 1. The van der Waals surface area contributed by atoms with Crippen molar-refractivity contribution in [1.29, 1.82) is 0 Å². The summed E-state index contributed by atoms with van der Waals surface area (Å²) in [5.41, 5.74) is 3.31. The fourth-order valence-corrected chi connectivity index (χ4v) is 3.73. The van der Waals surface area contributed by atoms with Crippen LogP contribution < -0.4 is 10.5 Å². The van der Waals surface area contributed by atoms with Gasteiger partial charge in [0.15, 0.2) is 0 Å². The number of aryl methyl sites for hydroxylation is 1. The van der Waals surface area contributed by atoms with Crippen LogP contribution in [0.3, 0.4) is 0 Å². The van der Waals surface area contributed by atoms with Crippen molar-refractivity contribution in [2.75, 3.05) is 6.54 Å². The maximum absolute atomic E-state index is 13.5. The molecule has 1 unspecified atom stereocenters. The van der Waals surface area contributed by atoms with E-state index in [9.17, 15) is 12.8 Å². The summed E-state index contributed by atoms with van der Waals surface area (Å²) in [5, 5.41) is 8.58. The van der Waals surface area contributed by atoms with E-state index >= 15 is 0 Å². The van der Waals surface area contributed by atoms with Crippen molar-refractivity contribution in [3.8, 4) is 0 Å². The molecular formula is C18H21FN2O2S. The second-order valence-corrected chi connectivity index (χ2v) is 7.74. The Balaban J connectivity index is 1.61. The zero-order valence-corrected chi connectivity index (χ0v) is 14.2. The molecule has 1 atom stereocenters. The predicted molar refractivity (Wildman–Crippen MR) is 91.6 cm³/mol. The highest BCUT2D eigenvalue weighted by Crippen LogP contribution is 2.30. The van der Waals surface area contributed by atoms with Crippen LogP contribution in [-0.4, -0.2) is 15.0 Å². The highest BCUT2D eigenvalue weighted by Gasteiger charge is 2.20. The lowest BCUT2D eigenvalue weighted by Gasteiger charge is -2.26. The van der Waals surface area contributed by atoms with E-state index in [1.807, 2.05) is 6.07 Å². The van der Waals surface area contributed by atoms with E-state index in [2.05, 4.69) is 5.32 Å². The third-order valence-corrected chi connectivity index (χ3v) is 5.41. The van der Waals surface area contributed by atoms with E-state index in [1.54, 1.807) is 18.2 Å². The molecule has 24 heavy (non-hydrogen) atoms. The van der Waals surface area contributed by atoms with E-state index in [4.69, 9.17) is 5.14 Å². The standard InChI is InChI=1S/C18H21FN2O2S/c19-15-7-6-14-2-1-3-18(17(14)12-15)21-11-10-13-4-8-16(9-5-13)24(20,22)23/h4-9,12,18,21H,1-3,10-11H2,(H2,20,22,23). The van der Waals surface area contributed by atoms with Gasteiger partial charge in [0.25, 0.3) is 0 Å². The summed E-state index contributed by atoms with van der Waals surface area (Å²) in [4.78, 5) is 0.121. The Labute approximate surface area is 141 Å². The van der Waals surface area contributed by atoms with Gasteiger partial charge in [0.2, 0.25) is 10.0 Å². The average Bonchev–Trinajstić information content (AvgIpc) is 2.55. The molecule has 0 bridgehead atoms. The first-order valence-corrected chi connectivity index (χ1v) is 9.61. The van der Waals surface area contributed by atoms with Crippen molar-refractivity contribution in [2.45, 2.75) is 36.6 Å². The Morgan fingerprint density at radius 2 is 1.92 bits per heavy atom. The predicted octanol–water partition coefficient (Wildman–Crippen LogP) is 2.68. The Bertz CT molecular complexity index is 819. The van der Waals surface area contributed by atoms with Gasteiger partial charge in [-0.2, -0.15) is 0 Å². The minimum Gasteiger partial charge on any atom is -0.310 e. The highest BCUT2D eigenvalue weighted by molar-refractivity contribution is 7.89. The molecule has 3 N–H and O–H groups in total. The quantitative estimate of drug-likeness (QED) is 0.873. The molecule has 6 heteroatoms. The molecule has 3 rings (SSSR count). The fraction of sp³-hybridized carbons (Fsp3) is 0.333. The number of rotatable bonds is 5. The molecule has 2 aromatic carbocycles. The topological polar surface area (TPSA) is 72.2 Å². The van der Waals surface area contributed by atoms with Gasteiger partial charge < -0.3 is 5.32 Å². The van der Waals surface area contributed by atoms with Crippen LogP contribution in [-0.2, 0) is 22.9 Å². The van der Waals surface area contributed by atoms with Crippen LogP contribution in [0.4, 0.5) is 4.39 Å². The van der Waals surface area contributed by atoms with Crippen LogP contribution in [0.5, 0.6) is 0 Å². The van der Waals surface area contributed by atoms with Crippen LogP contribution in [0, 0.1) is 5.82 Å². The minimum atomic E-state index is -3.65. The minimum absolute atomic E-state index is 0.121. The SMILES string of the molecule is NS(=O)(=O)c1ccc(CCNC2CCCc3ccc(F)cc32)cc1. The number of halogens is 1. The lowest BCUT2D eigenvalue weighted by Crippen LogP contribution is -2.27. The van der Waals surface area contributed by atoms with Crippen molar-refractivity contribution in [1.82, 2.24) is 5.32 Å². The van der Waals surface area contributed by atoms with Crippen LogP contribution in [0.25, 0.3) is 0 Å². The van der Waals surface area contributed by atoms with Crippen LogP contribution in [0.1, 0.15) is 35.6 Å². The summed E-state index contributed by atoms with van der Waals surface area (Å²) < 4.78 is 36.0. The number of nitrogens with two attached hydrogens (primary N) is 1. The number of sulfonamides is 1. The molecule has 0 amide bonds. The summed E-state index contributed by atoms with van der Waals surface area (Å²) in [7, 11) is -3.65. The Morgan fingerprint density at radius 3 is 2.62 bits per heavy atom. The second kappa shape index (κ2) is 7.01. The van der Waals surface area contributed by atoms with E-state index in [0.717, 1.165) is 43.4 Å². The number of benzene rings is 2. The lowest BCUT2D eigenvalue weighted by atomic mass is 9.87. The molecule has 1 aliphatic rings. The fourth-order valence-electron chi connectivity index (χ4n) is 3.22. The highest BCUT2D eigenvalue weighted by atomic mass is 32.2. The normalized spacial score (nSPS) is 17.5. The van der Waals surface area contributed by atoms with Crippen molar-refractivity contribution in [3.05, 3.63) is 65.0 Å². The third kappa shape index (κ3) is 4.01. The molecule has 0 aromatic heterocycles. The first-order chi connectivity index (χ1) is 11.4. The van der Waals surface area contributed by atoms with Gasteiger partial charge in [-0.1, -0.05) is 18.2 Å². The monoisotopic (exact) mass is 348 g/mol. The molecule has 4 nitrogen and oxygen atoms in total. The van der Waals surface area contributed by atoms with E-state index in [1.165, 1.54) is 23.8 Å². The first-order valence-electron chi connectivity index (χ1n) is 8.07. The summed E-state index contributed by atoms with van der Waals surface area (Å²) in [5.74, 6) is -0.193. The summed E-state index contributed by atoms with van der Waals surface area (Å²) >= 11 is 0. The van der Waals surface area contributed by atoms with Crippen molar-refractivity contribution >= 4 is 10.0 Å². The van der Waals surface area contributed by atoms with E-state index in [-0.39, 0.29) is 16.8 Å². The molecule has 0 heterocycles. The Morgan fingerprint density at radius 1 is 1.17 bits per heavy atom. The van der Waals surface area contributed by atoms with E-state index < -0.39 is 10.0 Å². The average molecular weight is 348 g/mol. The Kier molecular flexibility index (Phi) is 4.99. The summed E-state index contributed by atoms with van der Waals surface area (Å²) in [6.45, 7) is 0.745. The maximum Gasteiger partial charge on any atom is 0.238 e.